The maximum absolute atomic E-state index is 3.66. The van der Waals surface area contributed by atoms with Gasteiger partial charge in [-0.1, -0.05) is 26.3 Å². The van der Waals surface area contributed by atoms with Gasteiger partial charge in [-0.2, -0.15) is 0 Å². The van der Waals surface area contributed by atoms with Gasteiger partial charge in [0.1, 0.15) is 0 Å². The van der Waals surface area contributed by atoms with E-state index in [-0.39, 0.29) is 0 Å². The third-order valence-electron chi connectivity index (χ3n) is 4.11. The molecule has 2 heteroatoms. The maximum Gasteiger partial charge on any atom is 0.0372 e. The minimum absolute atomic E-state index is 0.629. The smallest absolute Gasteiger partial charge is 0.0372 e. The molecule has 0 aromatic heterocycles. The second kappa shape index (κ2) is 5.75. The van der Waals surface area contributed by atoms with Gasteiger partial charge in [0, 0.05) is 31.4 Å². The molecule has 1 aromatic carbocycles. The zero-order chi connectivity index (χ0) is 13.1. The fourth-order valence-corrected chi connectivity index (χ4v) is 2.81. The lowest BCUT2D eigenvalue weighted by molar-refractivity contribution is 0.342. The van der Waals surface area contributed by atoms with Crippen molar-refractivity contribution in [3.05, 3.63) is 29.3 Å². The molecule has 1 aliphatic heterocycles. The number of nitrogens with zero attached hydrogens (tertiary/aromatic N) is 1. The van der Waals surface area contributed by atoms with Gasteiger partial charge in [0.15, 0.2) is 0 Å². The molecule has 0 aliphatic carbocycles. The minimum Gasteiger partial charge on any atom is -0.369 e. The average Bonchev–Trinajstić information content (AvgIpc) is 2.37. The summed E-state index contributed by atoms with van der Waals surface area (Å²) in [6, 6.07) is 7.50. The zero-order valence-electron chi connectivity index (χ0n) is 12.2. The molecule has 1 aliphatic rings. The van der Waals surface area contributed by atoms with E-state index >= 15 is 0 Å². The van der Waals surface area contributed by atoms with E-state index in [0.29, 0.717) is 6.04 Å². The van der Waals surface area contributed by atoms with Crippen molar-refractivity contribution in [1.82, 2.24) is 5.32 Å². The molecule has 2 atom stereocenters. The monoisotopic (exact) mass is 246 g/mol. The van der Waals surface area contributed by atoms with Gasteiger partial charge in [-0.05, 0) is 43.0 Å². The predicted molar refractivity (Wildman–Crippen MR) is 79.4 cm³/mol. The van der Waals surface area contributed by atoms with Crippen LogP contribution in [0, 0.1) is 19.8 Å². The molecule has 0 saturated carbocycles. The highest BCUT2D eigenvalue weighted by molar-refractivity contribution is 5.51. The summed E-state index contributed by atoms with van der Waals surface area (Å²) in [6.07, 6.45) is 1.25. The molecule has 18 heavy (non-hydrogen) atoms. The van der Waals surface area contributed by atoms with Crippen LogP contribution in [0.5, 0.6) is 0 Å². The molecule has 1 N–H and O–H groups in total. The van der Waals surface area contributed by atoms with Crippen LogP contribution >= 0.6 is 0 Å². The molecule has 2 rings (SSSR count). The number of hydrogen-bond acceptors (Lipinski definition) is 2. The molecule has 1 aromatic rings. The number of hydrogen-bond donors (Lipinski definition) is 1. The summed E-state index contributed by atoms with van der Waals surface area (Å²) in [4.78, 5) is 2.54. The van der Waals surface area contributed by atoms with Gasteiger partial charge in [-0.25, -0.2) is 0 Å². The Bertz CT molecular complexity index is 380. The van der Waals surface area contributed by atoms with Crippen molar-refractivity contribution in [1.29, 1.82) is 0 Å². The van der Waals surface area contributed by atoms with E-state index in [1.165, 1.54) is 23.2 Å². The first-order chi connectivity index (χ1) is 8.60. The summed E-state index contributed by atoms with van der Waals surface area (Å²) >= 11 is 0. The fourth-order valence-electron chi connectivity index (χ4n) is 2.81. The molecule has 0 amide bonds. The highest BCUT2D eigenvalue weighted by Crippen LogP contribution is 2.22. The number of piperazine rings is 1. The largest absolute Gasteiger partial charge is 0.369 e. The van der Waals surface area contributed by atoms with E-state index in [4.69, 9.17) is 0 Å². The lowest BCUT2D eigenvalue weighted by Gasteiger charge is -2.38. The van der Waals surface area contributed by atoms with Crippen LogP contribution in [-0.2, 0) is 0 Å². The maximum atomic E-state index is 3.66. The summed E-state index contributed by atoms with van der Waals surface area (Å²) in [5.41, 5.74) is 4.12. The fraction of sp³-hybridized carbons (Fsp3) is 0.625. The number of anilines is 1. The third kappa shape index (κ3) is 3.05. The summed E-state index contributed by atoms with van der Waals surface area (Å²) in [7, 11) is 0. The van der Waals surface area contributed by atoms with Crippen LogP contribution in [0.4, 0.5) is 5.69 Å². The second-order valence-corrected chi connectivity index (χ2v) is 5.74. The molecule has 1 heterocycles. The lowest BCUT2D eigenvalue weighted by atomic mass is 9.96. The van der Waals surface area contributed by atoms with Gasteiger partial charge in [0.05, 0.1) is 0 Å². The molecule has 0 spiro atoms. The Morgan fingerprint density at radius 1 is 1.28 bits per heavy atom. The Morgan fingerprint density at radius 2 is 1.94 bits per heavy atom. The first kappa shape index (κ1) is 13.4. The van der Waals surface area contributed by atoms with E-state index < -0.39 is 0 Å². The molecular weight excluding hydrogens is 220 g/mol. The third-order valence-corrected chi connectivity index (χ3v) is 4.11. The van der Waals surface area contributed by atoms with Crippen molar-refractivity contribution >= 4 is 5.69 Å². The minimum atomic E-state index is 0.629. The molecule has 2 unspecified atom stereocenters. The van der Waals surface area contributed by atoms with Crippen molar-refractivity contribution < 1.29 is 0 Å². The molecule has 100 valence electrons. The highest BCUT2D eigenvalue weighted by Gasteiger charge is 2.23. The second-order valence-electron chi connectivity index (χ2n) is 5.74. The van der Waals surface area contributed by atoms with Crippen LogP contribution < -0.4 is 10.2 Å². The molecular formula is C16H26N2. The summed E-state index contributed by atoms with van der Waals surface area (Å²) in [6.45, 7) is 12.4. The first-order valence-corrected chi connectivity index (χ1v) is 7.16. The number of aryl methyl sites for hydroxylation is 2. The van der Waals surface area contributed by atoms with Gasteiger partial charge in [0.25, 0.3) is 0 Å². The lowest BCUT2D eigenvalue weighted by Crippen LogP contribution is -2.53. The Kier molecular flexibility index (Phi) is 4.28. The van der Waals surface area contributed by atoms with Crippen LogP contribution in [0.1, 0.15) is 31.4 Å². The number of nitrogens with one attached hydrogen (secondary N) is 1. The molecule has 2 nitrogen and oxygen atoms in total. The molecule has 1 fully saturated rings. The average molecular weight is 246 g/mol. The van der Waals surface area contributed by atoms with Crippen LogP contribution in [0.2, 0.25) is 0 Å². The number of rotatable bonds is 3. The van der Waals surface area contributed by atoms with Crippen molar-refractivity contribution in [3.8, 4) is 0 Å². The van der Waals surface area contributed by atoms with Gasteiger partial charge in [-0.15, -0.1) is 0 Å². The normalized spacial score (nSPS) is 22.0. The van der Waals surface area contributed by atoms with E-state index in [1.807, 2.05) is 0 Å². The van der Waals surface area contributed by atoms with E-state index in [2.05, 4.69) is 56.1 Å². The zero-order valence-corrected chi connectivity index (χ0v) is 12.2. The molecule has 0 radical (unpaired) electrons. The Morgan fingerprint density at radius 3 is 2.56 bits per heavy atom. The van der Waals surface area contributed by atoms with Gasteiger partial charge >= 0.3 is 0 Å². The Balaban J connectivity index is 2.12. The van der Waals surface area contributed by atoms with Crippen LogP contribution in [0.3, 0.4) is 0 Å². The van der Waals surface area contributed by atoms with Crippen molar-refractivity contribution in [2.24, 2.45) is 5.92 Å². The SMILES string of the molecule is CCC(C)C1CN(c2cc(C)cc(C)c2)CCN1. The van der Waals surface area contributed by atoms with E-state index in [9.17, 15) is 0 Å². The van der Waals surface area contributed by atoms with E-state index in [1.54, 1.807) is 0 Å². The standard InChI is InChI=1S/C16H26N2/c1-5-14(4)16-11-18(7-6-17-16)15-9-12(2)8-13(3)10-15/h8-10,14,16-17H,5-7,11H2,1-4H3. The first-order valence-electron chi connectivity index (χ1n) is 7.16. The predicted octanol–water partition coefficient (Wildman–Crippen LogP) is 3.13. The van der Waals surface area contributed by atoms with Gasteiger partial charge in [-0.3, -0.25) is 0 Å². The Hall–Kier alpha value is -1.02. The van der Waals surface area contributed by atoms with E-state index in [0.717, 1.165) is 25.6 Å². The summed E-state index contributed by atoms with van der Waals surface area (Å²) < 4.78 is 0. The Labute approximate surface area is 111 Å². The number of benzene rings is 1. The van der Waals surface area contributed by atoms with Gasteiger partial charge in [0.2, 0.25) is 0 Å². The van der Waals surface area contributed by atoms with Crippen LogP contribution in [0.15, 0.2) is 18.2 Å². The molecule has 0 bridgehead atoms. The quantitative estimate of drug-likeness (QED) is 0.881. The molecule has 1 saturated heterocycles. The highest BCUT2D eigenvalue weighted by atomic mass is 15.2. The van der Waals surface area contributed by atoms with Crippen molar-refractivity contribution in [2.45, 2.75) is 40.2 Å². The topological polar surface area (TPSA) is 15.3 Å². The van der Waals surface area contributed by atoms with Crippen molar-refractivity contribution in [3.63, 3.8) is 0 Å². The van der Waals surface area contributed by atoms with Gasteiger partial charge < -0.3 is 10.2 Å². The van der Waals surface area contributed by atoms with Crippen LogP contribution in [0.25, 0.3) is 0 Å². The summed E-state index contributed by atoms with van der Waals surface area (Å²) in [5, 5.41) is 3.66. The van der Waals surface area contributed by atoms with Crippen LogP contribution in [-0.4, -0.2) is 25.7 Å². The van der Waals surface area contributed by atoms with Crippen molar-refractivity contribution in [2.75, 3.05) is 24.5 Å². The summed E-state index contributed by atoms with van der Waals surface area (Å²) in [5.74, 6) is 0.749.